The summed E-state index contributed by atoms with van der Waals surface area (Å²) in [6.07, 6.45) is 5.61. The van der Waals surface area contributed by atoms with Gasteiger partial charge < -0.3 is 15.0 Å². The Kier molecular flexibility index (Phi) is 7.01. The molecule has 1 aliphatic carbocycles. The van der Waals surface area contributed by atoms with Gasteiger partial charge in [-0.25, -0.2) is 0 Å². The molecule has 0 spiro atoms. The van der Waals surface area contributed by atoms with Crippen LogP contribution in [0.2, 0.25) is 0 Å². The largest absolute Gasteiger partial charge is 0.380 e. The van der Waals surface area contributed by atoms with Crippen molar-refractivity contribution >= 4 is 0 Å². The lowest BCUT2D eigenvalue weighted by atomic mass is 9.92. The zero-order chi connectivity index (χ0) is 11.8. The Morgan fingerprint density at radius 2 is 1.88 bits per heavy atom. The highest BCUT2D eigenvalue weighted by Gasteiger charge is 2.23. The molecule has 2 unspecified atom stereocenters. The number of methoxy groups -OCH3 is 1. The van der Waals surface area contributed by atoms with Gasteiger partial charge in [0.1, 0.15) is 0 Å². The van der Waals surface area contributed by atoms with Gasteiger partial charge in [-0.2, -0.15) is 0 Å². The molecular weight excluding hydrogens is 200 g/mol. The molecule has 0 heterocycles. The van der Waals surface area contributed by atoms with Gasteiger partial charge in [0.25, 0.3) is 0 Å². The van der Waals surface area contributed by atoms with Gasteiger partial charge in [-0.1, -0.05) is 26.7 Å². The van der Waals surface area contributed by atoms with E-state index < -0.39 is 0 Å². The first kappa shape index (κ1) is 13.9. The summed E-state index contributed by atoms with van der Waals surface area (Å²) in [4.78, 5) is 2.46. The topological polar surface area (TPSA) is 24.5 Å². The fourth-order valence-corrected chi connectivity index (χ4v) is 2.56. The Labute approximate surface area is 101 Å². The molecule has 0 radical (unpaired) electrons. The van der Waals surface area contributed by atoms with E-state index in [0.717, 1.165) is 26.2 Å². The SMILES string of the molecule is CCN(CC)CCNC1CCCCC1OC. The molecule has 1 aliphatic rings. The highest BCUT2D eigenvalue weighted by atomic mass is 16.5. The van der Waals surface area contributed by atoms with Gasteiger partial charge >= 0.3 is 0 Å². The standard InChI is InChI=1S/C13H28N2O/c1-4-15(5-2)11-10-14-12-8-6-7-9-13(12)16-3/h12-14H,4-11H2,1-3H3. The Hall–Kier alpha value is -0.120. The molecule has 0 aromatic rings. The highest BCUT2D eigenvalue weighted by Crippen LogP contribution is 2.20. The maximum absolute atomic E-state index is 5.54. The van der Waals surface area contributed by atoms with Crippen molar-refractivity contribution in [3.05, 3.63) is 0 Å². The first-order valence-electron chi connectivity index (χ1n) is 6.80. The lowest BCUT2D eigenvalue weighted by molar-refractivity contribution is 0.0412. The minimum absolute atomic E-state index is 0.436. The van der Waals surface area contributed by atoms with Crippen molar-refractivity contribution in [3.63, 3.8) is 0 Å². The van der Waals surface area contributed by atoms with Gasteiger partial charge in [-0.3, -0.25) is 0 Å². The predicted octanol–water partition coefficient (Wildman–Crippen LogP) is 1.88. The maximum atomic E-state index is 5.54. The number of likely N-dealkylation sites (N-methyl/N-ethyl adjacent to an activating group) is 1. The summed E-state index contributed by atoms with van der Waals surface area (Å²) in [5, 5.41) is 3.66. The van der Waals surface area contributed by atoms with Crippen molar-refractivity contribution in [2.75, 3.05) is 33.3 Å². The van der Waals surface area contributed by atoms with Crippen LogP contribution in [-0.4, -0.2) is 50.3 Å². The third kappa shape index (κ3) is 4.40. The zero-order valence-corrected chi connectivity index (χ0v) is 11.2. The number of rotatable bonds is 7. The molecule has 3 nitrogen and oxygen atoms in total. The van der Waals surface area contributed by atoms with Gasteiger partial charge in [0.05, 0.1) is 6.10 Å². The molecule has 1 rings (SSSR count). The van der Waals surface area contributed by atoms with E-state index in [-0.39, 0.29) is 0 Å². The molecule has 1 N–H and O–H groups in total. The first-order valence-corrected chi connectivity index (χ1v) is 6.80. The molecule has 16 heavy (non-hydrogen) atoms. The number of nitrogens with zero attached hydrogens (tertiary/aromatic N) is 1. The van der Waals surface area contributed by atoms with E-state index in [9.17, 15) is 0 Å². The van der Waals surface area contributed by atoms with Crippen molar-refractivity contribution in [1.82, 2.24) is 10.2 Å². The van der Waals surface area contributed by atoms with Crippen LogP contribution in [0, 0.1) is 0 Å². The summed E-state index contributed by atoms with van der Waals surface area (Å²) in [5.74, 6) is 0. The molecule has 0 saturated heterocycles. The number of hydrogen-bond donors (Lipinski definition) is 1. The Morgan fingerprint density at radius 3 is 2.50 bits per heavy atom. The van der Waals surface area contributed by atoms with Crippen LogP contribution >= 0.6 is 0 Å². The van der Waals surface area contributed by atoms with E-state index in [1.807, 2.05) is 7.11 Å². The highest BCUT2D eigenvalue weighted by molar-refractivity contribution is 4.81. The van der Waals surface area contributed by atoms with Crippen LogP contribution in [0.5, 0.6) is 0 Å². The molecule has 1 fully saturated rings. The van der Waals surface area contributed by atoms with Crippen LogP contribution in [0.3, 0.4) is 0 Å². The Balaban J connectivity index is 2.19. The monoisotopic (exact) mass is 228 g/mol. The van der Waals surface area contributed by atoms with Gasteiger partial charge in [-0.05, 0) is 25.9 Å². The molecule has 96 valence electrons. The molecular formula is C13H28N2O. The van der Waals surface area contributed by atoms with Crippen molar-refractivity contribution in [2.24, 2.45) is 0 Å². The summed E-state index contributed by atoms with van der Waals surface area (Å²) in [6, 6.07) is 0.578. The normalized spacial score (nSPS) is 26.2. The summed E-state index contributed by atoms with van der Waals surface area (Å²) in [7, 11) is 1.84. The van der Waals surface area contributed by atoms with E-state index in [0.29, 0.717) is 12.1 Å². The molecule has 3 heteroatoms. The molecule has 0 aromatic heterocycles. The second-order valence-electron chi connectivity index (χ2n) is 4.65. The van der Waals surface area contributed by atoms with Gasteiger partial charge in [0.15, 0.2) is 0 Å². The quantitative estimate of drug-likeness (QED) is 0.720. The van der Waals surface area contributed by atoms with Crippen LogP contribution in [-0.2, 0) is 4.74 Å². The summed E-state index contributed by atoms with van der Waals surface area (Å²) < 4.78 is 5.54. The molecule has 2 atom stereocenters. The molecule has 0 amide bonds. The first-order chi connectivity index (χ1) is 7.81. The lowest BCUT2D eigenvalue weighted by Crippen LogP contribution is -2.45. The number of ether oxygens (including phenoxy) is 1. The predicted molar refractivity (Wildman–Crippen MR) is 68.8 cm³/mol. The average Bonchev–Trinajstić information content (AvgIpc) is 2.35. The summed E-state index contributed by atoms with van der Waals surface area (Å²) >= 11 is 0. The second kappa shape index (κ2) is 8.04. The lowest BCUT2D eigenvalue weighted by Gasteiger charge is -2.32. The van der Waals surface area contributed by atoms with Crippen LogP contribution in [0.25, 0.3) is 0 Å². The Bertz CT molecular complexity index is 171. The summed E-state index contributed by atoms with van der Waals surface area (Å²) in [6.45, 7) is 8.99. The third-order valence-electron chi connectivity index (χ3n) is 3.73. The van der Waals surface area contributed by atoms with Gasteiger partial charge in [-0.15, -0.1) is 0 Å². The minimum atomic E-state index is 0.436. The summed E-state index contributed by atoms with van der Waals surface area (Å²) in [5.41, 5.74) is 0. The van der Waals surface area contributed by atoms with Gasteiger partial charge in [0, 0.05) is 26.2 Å². The average molecular weight is 228 g/mol. The zero-order valence-electron chi connectivity index (χ0n) is 11.2. The molecule has 1 saturated carbocycles. The van der Waals surface area contributed by atoms with Crippen LogP contribution in [0.4, 0.5) is 0 Å². The fourth-order valence-electron chi connectivity index (χ4n) is 2.56. The van der Waals surface area contributed by atoms with Crippen molar-refractivity contribution in [3.8, 4) is 0 Å². The van der Waals surface area contributed by atoms with Crippen LogP contribution in [0.1, 0.15) is 39.5 Å². The fraction of sp³-hybridized carbons (Fsp3) is 1.00. The van der Waals surface area contributed by atoms with E-state index in [1.165, 1.54) is 25.7 Å². The second-order valence-corrected chi connectivity index (χ2v) is 4.65. The maximum Gasteiger partial charge on any atom is 0.0724 e. The third-order valence-corrected chi connectivity index (χ3v) is 3.73. The van der Waals surface area contributed by atoms with Crippen LogP contribution in [0.15, 0.2) is 0 Å². The Morgan fingerprint density at radius 1 is 1.19 bits per heavy atom. The van der Waals surface area contributed by atoms with Crippen LogP contribution < -0.4 is 5.32 Å². The van der Waals surface area contributed by atoms with Gasteiger partial charge in [0.2, 0.25) is 0 Å². The van der Waals surface area contributed by atoms with Crippen molar-refractivity contribution in [2.45, 2.75) is 51.7 Å². The van der Waals surface area contributed by atoms with Crippen molar-refractivity contribution < 1.29 is 4.74 Å². The van der Waals surface area contributed by atoms with E-state index in [4.69, 9.17) is 4.74 Å². The van der Waals surface area contributed by atoms with E-state index >= 15 is 0 Å². The van der Waals surface area contributed by atoms with Crippen molar-refractivity contribution in [1.29, 1.82) is 0 Å². The number of hydrogen-bond acceptors (Lipinski definition) is 3. The molecule has 0 aliphatic heterocycles. The molecule has 0 bridgehead atoms. The molecule has 0 aromatic carbocycles. The smallest absolute Gasteiger partial charge is 0.0724 e. The van der Waals surface area contributed by atoms with E-state index in [1.54, 1.807) is 0 Å². The number of nitrogens with one attached hydrogen (secondary N) is 1. The minimum Gasteiger partial charge on any atom is -0.380 e. The van der Waals surface area contributed by atoms with E-state index in [2.05, 4.69) is 24.1 Å².